The summed E-state index contributed by atoms with van der Waals surface area (Å²) < 4.78 is 5.28. The Balaban J connectivity index is 2.07. The van der Waals surface area contributed by atoms with Gasteiger partial charge in [-0.3, -0.25) is 4.79 Å². The van der Waals surface area contributed by atoms with Crippen molar-refractivity contribution in [1.29, 1.82) is 0 Å². The maximum atomic E-state index is 12.3. The predicted octanol–water partition coefficient (Wildman–Crippen LogP) is 3.25. The molecular formula is C16H18O2. The lowest BCUT2D eigenvalue weighted by atomic mass is 9.85. The molecule has 2 nitrogen and oxygen atoms in total. The standard InChI is InChI=1S/C16H18O2/c1-15(2)10-16(15)9-12-8-13(18-3)6-4-11(12)5-7-14(16)17/h4-8H,9-10H2,1-3H3. The molecule has 3 rings (SSSR count). The van der Waals surface area contributed by atoms with Gasteiger partial charge in [0.25, 0.3) is 0 Å². The van der Waals surface area contributed by atoms with Crippen LogP contribution in [-0.2, 0) is 11.2 Å². The smallest absolute Gasteiger partial charge is 0.162 e. The van der Waals surface area contributed by atoms with Gasteiger partial charge in [0.15, 0.2) is 5.78 Å². The van der Waals surface area contributed by atoms with Crippen LogP contribution in [0.25, 0.3) is 6.08 Å². The highest BCUT2D eigenvalue weighted by Crippen LogP contribution is 2.66. The highest BCUT2D eigenvalue weighted by Gasteiger charge is 2.64. The van der Waals surface area contributed by atoms with E-state index >= 15 is 0 Å². The number of rotatable bonds is 1. The van der Waals surface area contributed by atoms with Crippen molar-refractivity contribution in [2.75, 3.05) is 7.11 Å². The fourth-order valence-electron chi connectivity index (χ4n) is 3.19. The van der Waals surface area contributed by atoms with Crippen LogP contribution in [0.4, 0.5) is 0 Å². The number of ether oxygens (including phenoxy) is 1. The van der Waals surface area contributed by atoms with E-state index < -0.39 is 0 Å². The third-order valence-electron chi connectivity index (χ3n) is 4.64. The van der Waals surface area contributed by atoms with Crippen molar-refractivity contribution in [1.82, 2.24) is 0 Å². The van der Waals surface area contributed by atoms with E-state index in [0.29, 0.717) is 0 Å². The number of benzene rings is 1. The van der Waals surface area contributed by atoms with Crippen molar-refractivity contribution in [3.8, 4) is 5.75 Å². The maximum Gasteiger partial charge on any atom is 0.162 e. The van der Waals surface area contributed by atoms with Crippen LogP contribution < -0.4 is 4.74 Å². The van der Waals surface area contributed by atoms with E-state index in [4.69, 9.17) is 4.74 Å². The van der Waals surface area contributed by atoms with Gasteiger partial charge >= 0.3 is 0 Å². The molecule has 2 aliphatic rings. The van der Waals surface area contributed by atoms with Crippen LogP contribution in [0.2, 0.25) is 0 Å². The molecule has 0 saturated heterocycles. The van der Waals surface area contributed by atoms with Crippen molar-refractivity contribution in [2.24, 2.45) is 10.8 Å². The zero-order valence-electron chi connectivity index (χ0n) is 11.1. The molecule has 1 atom stereocenters. The molecule has 1 saturated carbocycles. The van der Waals surface area contributed by atoms with Gasteiger partial charge in [0.1, 0.15) is 5.75 Å². The number of carbonyl (C=O) groups is 1. The van der Waals surface area contributed by atoms with Crippen LogP contribution in [0.1, 0.15) is 31.4 Å². The quantitative estimate of drug-likeness (QED) is 0.755. The summed E-state index contributed by atoms with van der Waals surface area (Å²) in [6.45, 7) is 4.37. The number of carbonyl (C=O) groups excluding carboxylic acids is 1. The van der Waals surface area contributed by atoms with Crippen LogP contribution in [0, 0.1) is 10.8 Å². The van der Waals surface area contributed by atoms with Crippen LogP contribution in [0.15, 0.2) is 24.3 Å². The van der Waals surface area contributed by atoms with E-state index in [9.17, 15) is 4.79 Å². The zero-order valence-corrected chi connectivity index (χ0v) is 11.1. The predicted molar refractivity (Wildman–Crippen MR) is 71.6 cm³/mol. The van der Waals surface area contributed by atoms with Gasteiger partial charge < -0.3 is 4.74 Å². The number of hydrogen-bond donors (Lipinski definition) is 0. The summed E-state index contributed by atoms with van der Waals surface area (Å²) in [5.74, 6) is 1.15. The van der Waals surface area contributed by atoms with Crippen molar-refractivity contribution in [2.45, 2.75) is 26.7 Å². The summed E-state index contributed by atoms with van der Waals surface area (Å²) in [7, 11) is 1.68. The highest BCUT2D eigenvalue weighted by molar-refractivity contribution is 6.02. The molecular weight excluding hydrogens is 224 g/mol. The number of ketones is 1. The monoisotopic (exact) mass is 242 g/mol. The molecule has 2 aliphatic carbocycles. The van der Waals surface area contributed by atoms with Crippen molar-refractivity contribution < 1.29 is 9.53 Å². The maximum absolute atomic E-state index is 12.3. The van der Waals surface area contributed by atoms with Gasteiger partial charge in [0.2, 0.25) is 0 Å². The lowest BCUT2D eigenvalue weighted by molar-refractivity contribution is -0.120. The van der Waals surface area contributed by atoms with E-state index in [0.717, 1.165) is 24.2 Å². The summed E-state index contributed by atoms with van der Waals surface area (Å²) >= 11 is 0. The lowest BCUT2D eigenvalue weighted by Gasteiger charge is -2.17. The third kappa shape index (κ3) is 1.45. The van der Waals surface area contributed by atoms with Gasteiger partial charge in [-0.2, -0.15) is 0 Å². The summed E-state index contributed by atoms with van der Waals surface area (Å²) in [6, 6.07) is 6.05. The van der Waals surface area contributed by atoms with Crippen LogP contribution in [-0.4, -0.2) is 12.9 Å². The molecule has 1 fully saturated rings. The second-order valence-corrected chi connectivity index (χ2v) is 6.08. The zero-order chi connectivity index (χ0) is 13.0. The molecule has 0 N–H and O–H groups in total. The van der Waals surface area contributed by atoms with Gasteiger partial charge in [-0.15, -0.1) is 0 Å². The fraction of sp³-hybridized carbons (Fsp3) is 0.438. The Kier molecular flexibility index (Phi) is 2.22. The summed E-state index contributed by atoms with van der Waals surface area (Å²) in [6.07, 6.45) is 5.52. The molecule has 0 amide bonds. The first-order chi connectivity index (χ1) is 8.48. The topological polar surface area (TPSA) is 26.3 Å². The molecule has 18 heavy (non-hydrogen) atoms. The highest BCUT2D eigenvalue weighted by atomic mass is 16.5. The Morgan fingerprint density at radius 2 is 1.94 bits per heavy atom. The van der Waals surface area contributed by atoms with Gasteiger partial charge in [0.05, 0.1) is 7.11 Å². The summed E-state index contributed by atoms with van der Waals surface area (Å²) in [5, 5.41) is 0. The average Bonchev–Trinajstić information content (AvgIpc) is 2.93. The number of allylic oxidation sites excluding steroid dienone is 1. The molecule has 1 spiro atoms. The molecule has 2 heteroatoms. The second kappa shape index (κ2) is 3.47. The average molecular weight is 242 g/mol. The molecule has 0 aromatic heterocycles. The normalized spacial score (nSPS) is 27.8. The minimum Gasteiger partial charge on any atom is -0.497 e. The largest absolute Gasteiger partial charge is 0.497 e. The van der Waals surface area contributed by atoms with Crippen LogP contribution in [0.5, 0.6) is 5.75 Å². The summed E-state index contributed by atoms with van der Waals surface area (Å²) in [4.78, 5) is 12.3. The molecule has 1 aromatic rings. The number of hydrogen-bond acceptors (Lipinski definition) is 2. The Morgan fingerprint density at radius 1 is 1.22 bits per heavy atom. The summed E-state index contributed by atoms with van der Waals surface area (Å²) in [5.41, 5.74) is 2.31. The Hall–Kier alpha value is -1.57. The molecule has 0 radical (unpaired) electrons. The SMILES string of the molecule is COc1ccc2c(c1)CC1(CC1(C)C)C(=O)C=C2. The number of fused-ring (bicyclic) bond motifs is 1. The van der Waals surface area contributed by atoms with Crippen molar-refractivity contribution in [3.05, 3.63) is 35.4 Å². The number of methoxy groups -OCH3 is 1. The molecule has 1 unspecified atom stereocenters. The van der Waals surface area contributed by atoms with Crippen LogP contribution in [0.3, 0.4) is 0 Å². The van der Waals surface area contributed by atoms with Crippen molar-refractivity contribution >= 4 is 11.9 Å². The fourth-order valence-corrected chi connectivity index (χ4v) is 3.19. The van der Waals surface area contributed by atoms with Gasteiger partial charge in [0, 0.05) is 5.41 Å². The lowest BCUT2D eigenvalue weighted by Crippen LogP contribution is -2.21. The Labute approximate surface area is 108 Å². The first-order valence-corrected chi connectivity index (χ1v) is 6.38. The Morgan fingerprint density at radius 3 is 2.56 bits per heavy atom. The van der Waals surface area contributed by atoms with Gasteiger partial charge in [-0.25, -0.2) is 0 Å². The van der Waals surface area contributed by atoms with Gasteiger partial charge in [-0.05, 0) is 47.6 Å². The van der Waals surface area contributed by atoms with E-state index in [1.54, 1.807) is 13.2 Å². The van der Waals surface area contributed by atoms with E-state index in [2.05, 4.69) is 19.9 Å². The van der Waals surface area contributed by atoms with Gasteiger partial charge in [-0.1, -0.05) is 26.0 Å². The van der Waals surface area contributed by atoms with Crippen molar-refractivity contribution in [3.63, 3.8) is 0 Å². The molecule has 0 aliphatic heterocycles. The molecule has 0 bridgehead atoms. The van der Waals surface area contributed by atoms with E-state index in [1.165, 1.54) is 5.56 Å². The second-order valence-electron chi connectivity index (χ2n) is 6.08. The Bertz CT molecular complexity index is 554. The van der Waals surface area contributed by atoms with E-state index in [1.807, 2.05) is 18.2 Å². The van der Waals surface area contributed by atoms with E-state index in [-0.39, 0.29) is 16.6 Å². The molecule has 0 heterocycles. The third-order valence-corrected chi connectivity index (χ3v) is 4.64. The first kappa shape index (κ1) is 11.5. The molecule has 94 valence electrons. The first-order valence-electron chi connectivity index (χ1n) is 6.38. The molecule has 1 aromatic carbocycles. The minimum absolute atomic E-state index is 0.124. The van der Waals surface area contributed by atoms with Crippen LogP contribution >= 0.6 is 0 Å². The minimum atomic E-state index is -0.179.